The minimum Gasteiger partial charge on any atom is -0.331 e. The van der Waals surface area contributed by atoms with Gasteiger partial charge in [0.15, 0.2) is 0 Å². The van der Waals surface area contributed by atoms with Crippen LogP contribution in [-0.4, -0.2) is 16.1 Å². The van der Waals surface area contributed by atoms with E-state index in [9.17, 15) is 0 Å². The monoisotopic (exact) mass is 257 g/mol. The lowest BCUT2D eigenvalue weighted by atomic mass is 10.2. The van der Waals surface area contributed by atoms with Gasteiger partial charge in [-0.15, -0.1) is 0 Å². The minimum absolute atomic E-state index is 0.704. The molecule has 0 saturated carbocycles. The van der Waals surface area contributed by atoms with E-state index < -0.39 is 0 Å². The molecule has 4 heteroatoms. The van der Waals surface area contributed by atoms with E-state index >= 15 is 0 Å². The van der Waals surface area contributed by atoms with Crippen LogP contribution in [0, 0.1) is 11.8 Å². The van der Waals surface area contributed by atoms with Crippen LogP contribution < -0.4 is 5.32 Å². The molecule has 2 heterocycles. The normalized spacial score (nSPS) is 13.6. The van der Waals surface area contributed by atoms with E-state index in [-0.39, 0.29) is 0 Å². The largest absolute Gasteiger partial charge is 0.331 e. The summed E-state index contributed by atoms with van der Waals surface area (Å²) in [5.74, 6) is 7.21. The predicted octanol–water partition coefficient (Wildman–Crippen LogP) is 2.04. The number of aromatic nitrogens is 2. The topological polar surface area (TPSA) is 29.9 Å². The van der Waals surface area contributed by atoms with Crippen molar-refractivity contribution in [3.8, 4) is 11.8 Å². The van der Waals surface area contributed by atoms with Crippen LogP contribution in [0.15, 0.2) is 30.5 Å². The third-order valence-corrected chi connectivity index (χ3v) is 3.07. The van der Waals surface area contributed by atoms with Crippen LogP contribution in [-0.2, 0) is 13.1 Å². The first-order valence-electron chi connectivity index (χ1n) is 5.85. The third kappa shape index (κ3) is 2.40. The van der Waals surface area contributed by atoms with E-state index in [1.54, 1.807) is 0 Å². The molecule has 18 heavy (non-hydrogen) atoms. The molecule has 1 aromatic carbocycles. The second kappa shape index (κ2) is 4.85. The minimum atomic E-state index is 0.704. The Bertz CT molecular complexity index is 610. The fourth-order valence-electron chi connectivity index (χ4n) is 1.95. The molecule has 0 bridgehead atoms. The molecule has 90 valence electrons. The van der Waals surface area contributed by atoms with Crippen molar-refractivity contribution in [2.75, 3.05) is 6.54 Å². The predicted molar refractivity (Wildman–Crippen MR) is 71.4 cm³/mol. The van der Waals surface area contributed by atoms with Crippen LogP contribution in [0.3, 0.4) is 0 Å². The Hall–Kier alpha value is -1.76. The summed E-state index contributed by atoms with van der Waals surface area (Å²) in [5.41, 5.74) is 1.72. The zero-order chi connectivity index (χ0) is 12.4. The van der Waals surface area contributed by atoms with Gasteiger partial charge in [0.25, 0.3) is 0 Å². The van der Waals surface area contributed by atoms with Gasteiger partial charge in [0, 0.05) is 29.9 Å². The van der Waals surface area contributed by atoms with Crippen molar-refractivity contribution in [3.05, 3.63) is 52.6 Å². The third-order valence-electron chi connectivity index (χ3n) is 2.83. The number of nitrogens with zero attached hydrogens (tertiary/aromatic N) is 2. The van der Waals surface area contributed by atoms with Crippen LogP contribution >= 0.6 is 11.6 Å². The van der Waals surface area contributed by atoms with Gasteiger partial charge >= 0.3 is 0 Å². The summed E-state index contributed by atoms with van der Waals surface area (Å²) in [4.78, 5) is 4.48. The lowest BCUT2D eigenvalue weighted by Gasteiger charge is -2.13. The van der Waals surface area contributed by atoms with Crippen LogP contribution in [0.4, 0.5) is 0 Å². The van der Waals surface area contributed by atoms with E-state index in [4.69, 9.17) is 11.6 Å². The fraction of sp³-hybridized carbons (Fsp3) is 0.214. The average molecular weight is 258 g/mol. The Kier molecular flexibility index (Phi) is 3.06. The number of imidazole rings is 1. The van der Waals surface area contributed by atoms with Crippen molar-refractivity contribution in [2.45, 2.75) is 13.1 Å². The number of rotatable bonds is 0. The zero-order valence-corrected chi connectivity index (χ0v) is 10.5. The maximum absolute atomic E-state index is 5.91. The molecule has 0 aliphatic carbocycles. The molecule has 1 aliphatic rings. The first-order valence-corrected chi connectivity index (χ1v) is 6.23. The molecule has 1 N–H and O–H groups in total. The molecular weight excluding hydrogens is 246 g/mol. The van der Waals surface area contributed by atoms with E-state index in [2.05, 4.69) is 26.7 Å². The summed E-state index contributed by atoms with van der Waals surface area (Å²) in [6, 6.07) is 7.53. The van der Waals surface area contributed by atoms with Gasteiger partial charge in [-0.1, -0.05) is 23.6 Å². The van der Waals surface area contributed by atoms with Gasteiger partial charge in [0.05, 0.1) is 6.54 Å². The van der Waals surface area contributed by atoms with E-state index in [0.717, 1.165) is 36.7 Å². The number of nitrogens with one attached hydrogen (secondary N) is 1. The van der Waals surface area contributed by atoms with Gasteiger partial charge in [-0.3, -0.25) is 0 Å². The van der Waals surface area contributed by atoms with Crippen LogP contribution in [0.2, 0.25) is 5.02 Å². The highest BCUT2D eigenvalue weighted by atomic mass is 35.5. The maximum atomic E-state index is 5.91. The summed E-state index contributed by atoms with van der Waals surface area (Å²) < 4.78 is 2.15. The Morgan fingerprint density at radius 3 is 3.11 bits per heavy atom. The van der Waals surface area contributed by atoms with Crippen molar-refractivity contribution in [2.24, 2.45) is 0 Å². The highest BCUT2D eigenvalue weighted by Gasteiger charge is 2.09. The first kappa shape index (κ1) is 11.3. The van der Waals surface area contributed by atoms with Crippen molar-refractivity contribution < 1.29 is 0 Å². The average Bonchev–Trinajstić information content (AvgIpc) is 2.79. The molecule has 3 nitrogen and oxygen atoms in total. The summed E-state index contributed by atoms with van der Waals surface area (Å²) in [5, 5.41) is 3.99. The van der Waals surface area contributed by atoms with Gasteiger partial charge in [-0.2, -0.15) is 0 Å². The van der Waals surface area contributed by atoms with Crippen molar-refractivity contribution in [1.82, 2.24) is 14.9 Å². The molecule has 0 spiro atoms. The van der Waals surface area contributed by atoms with E-state index in [1.807, 2.05) is 30.5 Å². The van der Waals surface area contributed by atoms with Gasteiger partial charge in [-0.25, -0.2) is 4.98 Å². The van der Waals surface area contributed by atoms with Gasteiger partial charge in [0.2, 0.25) is 0 Å². The first-order chi connectivity index (χ1) is 8.81. The Labute approximate surface area is 111 Å². The standard InChI is InChI=1S/C14H12ClN3/c15-12-3-1-2-11(8-12)4-5-13-10-18-7-6-16-9-14(18)17-13/h1-3,8,10,16H,6-7,9H2. The number of hydrogen-bond donors (Lipinski definition) is 1. The van der Waals surface area contributed by atoms with Gasteiger partial charge < -0.3 is 9.88 Å². The second-order valence-electron chi connectivity index (χ2n) is 4.17. The Balaban J connectivity index is 1.87. The summed E-state index contributed by atoms with van der Waals surface area (Å²) in [7, 11) is 0. The van der Waals surface area contributed by atoms with Crippen molar-refractivity contribution >= 4 is 11.6 Å². The molecular formula is C14H12ClN3. The smallest absolute Gasteiger partial charge is 0.131 e. The number of halogens is 1. The molecule has 0 atom stereocenters. The summed E-state index contributed by atoms with van der Waals surface area (Å²) in [6.07, 6.45) is 2.01. The highest BCUT2D eigenvalue weighted by Crippen LogP contribution is 2.10. The van der Waals surface area contributed by atoms with Gasteiger partial charge in [0.1, 0.15) is 11.5 Å². The van der Waals surface area contributed by atoms with Gasteiger partial charge in [-0.05, 0) is 24.1 Å². The van der Waals surface area contributed by atoms with Crippen molar-refractivity contribution in [3.63, 3.8) is 0 Å². The Morgan fingerprint density at radius 2 is 2.28 bits per heavy atom. The molecule has 0 unspecified atom stereocenters. The van der Waals surface area contributed by atoms with E-state index in [0.29, 0.717) is 5.02 Å². The summed E-state index contributed by atoms with van der Waals surface area (Å²) in [6.45, 7) is 2.77. The lowest BCUT2D eigenvalue weighted by Crippen LogP contribution is -2.27. The summed E-state index contributed by atoms with van der Waals surface area (Å²) >= 11 is 5.91. The molecule has 3 rings (SSSR count). The van der Waals surface area contributed by atoms with Crippen LogP contribution in [0.5, 0.6) is 0 Å². The molecule has 2 aromatic rings. The van der Waals surface area contributed by atoms with Crippen molar-refractivity contribution in [1.29, 1.82) is 0 Å². The number of fused-ring (bicyclic) bond motifs is 1. The Morgan fingerprint density at radius 1 is 1.33 bits per heavy atom. The number of benzene rings is 1. The second-order valence-corrected chi connectivity index (χ2v) is 4.61. The fourth-order valence-corrected chi connectivity index (χ4v) is 2.14. The number of hydrogen-bond acceptors (Lipinski definition) is 2. The quantitative estimate of drug-likeness (QED) is 0.732. The van der Waals surface area contributed by atoms with E-state index in [1.165, 1.54) is 0 Å². The van der Waals surface area contributed by atoms with Crippen LogP contribution in [0.25, 0.3) is 0 Å². The molecule has 0 amide bonds. The lowest BCUT2D eigenvalue weighted by molar-refractivity contribution is 0.505. The molecule has 0 fully saturated rings. The maximum Gasteiger partial charge on any atom is 0.131 e. The highest BCUT2D eigenvalue weighted by molar-refractivity contribution is 6.30. The molecule has 0 saturated heterocycles. The van der Waals surface area contributed by atoms with Crippen LogP contribution in [0.1, 0.15) is 17.1 Å². The zero-order valence-electron chi connectivity index (χ0n) is 9.78. The molecule has 1 aromatic heterocycles. The molecule has 0 radical (unpaired) electrons. The SMILES string of the molecule is Clc1cccc(C#Cc2cn3c(n2)CNCC3)c1. The molecule has 1 aliphatic heterocycles.